The first-order chi connectivity index (χ1) is 6.24. The van der Waals surface area contributed by atoms with E-state index in [-0.39, 0.29) is 25.1 Å². The Bertz CT molecular complexity index is 160. The van der Waals surface area contributed by atoms with Gasteiger partial charge in [0.2, 0.25) is 0 Å². The number of hydrogen-bond acceptors (Lipinski definition) is 3. The first kappa shape index (κ1) is 10.5. The molecule has 1 fully saturated rings. The molecule has 0 aromatic heterocycles. The fraction of sp³-hybridized carbons (Fsp3) is 0.900. The first-order valence-electron chi connectivity index (χ1n) is 5.01. The van der Waals surface area contributed by atoms with Crippen LogP contribution >= 0.6 is 0 Å². The average Bonchev–Trinajstić information content (AvgIpc) is 2.15. The molecule has 13 heavy (non-hydrogen) atoms. The number of carbonyl (C=O) groups excluding carboxylic acids is 1. The molecule has 0 aromatic carbocycles. The second kappa shape index (κ2) is 5.22. The molecule has 0 atom stereocenters. The van der Waals surface area contributed by atoms with Crippen LogP contribution in [0.2, 0.25) is 0 Å². The summed E-state index contributed by atoms with van der Waals surface area (Å²) in [6.07, 6.45) is 4.15. The van der Waals surface area contributed by atoms with Crippen LogP contribution in [0.5, 0.6) is 0 Å². The Kier molecular flexibility index (Phi) is 4.22. The lowest BCUT2D eigenvalue weighted by atomic mass is 9.83. The van der Waals surface area contributed by atoms with Gasteiger partial charge in [0, 0.05) is 0 Å². The molecule has 0 bridgehead atoms. The molecule has 0 aromatic rings. The molecule has 0 saturated heterocycles. The van der Waals surface area contributed by atoms with Crippen LogP contribution in [-0.2, 0) is 9.53 Å². The Labute approximate surface area is 79.1 Å². The van der Waals surface area contributed by atoms with Crippen molar-refractivity contribution in [2.45, 2.75) is 32.6 Å². The maximum absolute atomic E-state index is 11.3. The minimum absolute atomic E-state index is 0.0745. The van der Waals surface area contributed by atoms with E-state index in [2.05, 4.69) is 6.92 Å². The molecule has 0 radical (unpaired) electrons. The standard InChI is InChI=1S/C10H18O3/c1-8-2-4-9(5-3-8)10(12)13-7-6-11/h8-9,11H,2-7H2,1H3. The van der Waals surface area contributed by atoms with Gasteiger partial charge in [0.15, 0.2) is 0 Å². The minimum atomic E-state index is -0.124. The Balaban J connectivity index is 2.23. The number of carbonyl (C=O) groups is 1. The van der Waals surface area contributed by atoms with Crippen molar-refractivity contribution in [1.29, 1.82) is 0 Å². The molecule has 1 saturated carbocycles. The van der Waals surface area contributed by atoms with Crippen LogP contribution in [0.3, 0.4) is 0 Å². The molecule has 1 aliphatic carbocycles. The number of rotatable bonds is 3. The molecular formula is C10H18O3. The molecule has 1 aliphatic rings. The van der Waals surface area contributed by atoms with E-state index in [1.54, 1.807) is 0 Å². The SMILES string of the molecule is CC1CCC(C(=O)OCCO)CC1. The third-order valence-electron chi connectivity index (χ3n) is 2.68. The van der Waals surface area contributed by atoms with Crippen molar-refractivity contribution in [3.63, 3.8) is 0 Å². The molecule has 3 heteroatoms. The fourth-order valence-corrected chi connectivity index (χ4v) is 1.76. The predicted octanol–water partition coefficient (Wildman–Crippen LogP) is 1.35. The highest BCUT2D eigenvalue weighted by atomic mass is 16.5. The van der Waals surface area contributed by atoms with Gasteiger partial charge in [-0.1, -0.05) is 6.92 Å². The van der Waals surface area contributed by atoms with Gasteiger partial charge in [0.05, 0.1) is 12.5 Å². The summed E-state index contributed by atoms with van der Waals surface area (Å²) < 4.78 is 4.88. The van der Waals surface area contributed by atoms with Crippen LogP contribution in [0, 0.1) is 11.8 Å². The lowest BCUT2D eigenvalue weighted by Gasteiger charge is -2.24. The number of ether oxygens (including phenoxy) is 1. The van der Waals surface area contributed by atoms with E-state index >= 15 is 0 Å². The van der Waals surface area contributed by atoms with Gasteiger partial charge in [-0.2, -0.15) is 0 Å². The average molecular weight is 186 g/mol. The zero-order valence-electron chi connectivity index (χ0n) is 8.16. The molecule has 76 valence electrons. The minimum Gasteiger partial charge on any atom is -0.463 e. The van der Waals surface area contributed by atoms with Gasteiger partial charge < -0.3 is 9.84 Å². The van der Waals surface area contributed by atoms with Crippen molar-refractivity contribution >= 4 is 5.97 Å². The molecule has 0 aliphatic heterocycles. The third-order valence-corrected chi connectivity index (χ3v) is 2.68. The van der Waals surface area contributed by atoms with Crippen molar-refractivity contribution in [3.8, 4) is 0 Å². The highest BCUT2D eigenvalue weighted by Crippen LogP contribution is 2.28. The number of aliphatic hydroxyl groups is 1. The normalized spacial score (nSPS) is 28.5. The van der Waals surface area contributed by atoms with Gasteiger partial charge >= 0.3 is 5.97 Å². The molecule has 3 nitrogen and oxygen atoms in total. The quantitative estimate of drug-likeness (QED) is 0.677. The Hall–Kier alpha value is -0.570. The molecule has 1 N–H and O–H groups in total. The van der Waals surface area contributed by atoms with E-state index in [0.29, 0.717) is 0 Å². The number of aliphatic hydroxyl groups excluding tert-OH is 1. The maximum Gasteiger partial charge on any atom is 0.309 e. The van der Waals surface area contributed by atoms with E-state index in [1.165, 1.54) is 0 Å². The summed E-state index contributed by atoms with van der Waals surface area (Å²) in [6, 6.07) is 0. The molecule has 0 spiro atoms. The zero-order chi connectivity index (χ0) is 9.68. The molecular weight excluding hydrogens is 168 g/mol. The van der Waals surface area contributed by atoms with E-state index in [1.807, 2.05) is 0 Å². The molecule has 1 rings (SSSR count). The second-order valence-electron chi connectivity index (χ2n) is 3.85. The summed E-state index contributed by atoms with van der Waals surface area (Å²) in [6.45, 7) is 2.29. The van der Waals surface area contributed by atoms with Gasteiger partial charge in [0.25, 0.3) is 0 Å². The largest absolute Gasteiger partial charge is 0.463 e. The van der Waals surface area contributed by atoms with Crippen LogP contribution in [0.25, 0.3) is 0 Å². The second-order valence-corrected chi connectivity index (χ2v) is 3.85. The summed E-state index contributed by atoms with van der Waals surface area (Å²) in [5, 5.41) is 8.48. The summed E-state index contributed by atoms with van der Waals surface area (Å²) in [4.78, 5) is 11.3. The smallest absolute Gasteiger partial charge is 0.309 e. The predicted molar refractivity (Wildman–Crippen MR) is 49.2 cm³/mol. The van der Waals surface area contributed by atoms with Crippen LogP contribution in [0.4, 0.5) is 0 Å². The lowest BCUT2D eigenvalue weighted by molar-refractivity contribution is -0.150. The van der Waals surface area contributed by atoms with Gasteiger partial charge in [-0.25, -0.2) is 0 Å². The monoisotopic (exact) mass is 186 g/mol. The maximum atomic E-state index is 11.3. The highest BCUT2D eigenvalue weighted by Gasteiger charge is 2.25. The summed E-state index contributed by atoms with van der Waals surface area (Å²) in [5.41, 5.74) is 0. The molecule has 0 heterocycles. The topological polar surface area (TPSA) is 46.5 Å². The van der Waals surface area contributed by atoms with Crippen molar-refractivity contribution in [1.82, 2.24) is 0 Å². The number of esters is 1. The molecule has 0 amide bonds. The Morgan fingerprint density at radius 3 is 2.54 bits per heavy atom. The van der Waals surface area contributed by atoms with Gasteiger partial charge in [0.1, 0.15) is 6.61 Å². The van der Waals surface area contributed by atoms with Crippen LogP contribution in [0.1, 0.15) is 32.6 Å². The molecule has 0 unspecified atom stereocenters. The third kappa shape index (κ3) is 3.35. The van der Waals surface area contributed by atoms with Crippen LogP contribution < -0.4 is 0 Å². The van der Waals surface area contributed by atoms with Crippen molar-refractivity contribution in [2.75, 3.05) is 13.2 Å². The summed E-state index contributed by atoms with van der Waals surface area (Å²) >= 11 is 0. The van der Waals surface area contributed by atoms with Crippen LogP contribution in [-0.4, -0.2) is 24.3 Å². The van der Waals surface area contributed by atoms with Gasteiger partial charge in [-0.05, 0) is 31.6 Å². The zero-order valence-corrected chi connectivity index (χ0v) is 8.16. The van der Waals surface area contributed by atoms with Gasteiger partial charge in [-0.15, -0.1) is 0 Å². The van der Waals surface area contributed by atoms with E-state index in [9.17, 15) is 4.79 Å². The number of hydrogen-bond donors (Lipinski definition) is 1. The summed E-state index contributed by atoms with van der Waals surface area (Å²) in [7, 11) is 0. The fourth-order valence-electron chi connectivity index (χ4n) is 1.76. The Morgan fingerprint density at radius 1 is 1.38 bits per heavy atom. The Morgan fingerprint density at radius 2 is 2.00 bits per heavy atom. The highest BCUT2D eigenvalue weighted by molar-refractivity contribution is 5.72. The van der Waals surface area contributed by atoms with Crippen molar-refractivity contribution in [2.24, 2.45) is 11.8 Å². The lowest BCUT2D eigenvalue weighted by Crippen LogP contribution is -2.23. The van der Waals surface area contributed by atoms with Gasteiger partial charge in [-0.3, -0.25) is 4.79 Å². The van der Waals surface area contributed by atoms with Crippen LogP contribution in [0.15, 0.2) is 0 Å². The first-order valence-corrected chi connectivity index (χ1v) is 5.01. The van der Waals surface area contributed by atoms with Crippen molar-refractivity contribution in [3.05, 3.63) is 0 Å². The van der Waals surface area contributed by atoms with E-state index < -0.39 is 0 Å². The van der Waals surface area contributed by atoms with E-state index in [0.717, 1.165) is 31.6 Å². The van der Waals surface area contributed by atoms with E-state index in [4.69, 9.17) is 9.84 Å². The van der Waals surface area contributed by atoms with Crippen molar-refractivity contribution < 1.29 is 14.6 Å². The summed E-state index contributed by atoms with van der Waals surface area (Å²) in [5.74, 6) is 0.714.